The van der Waals surface area contributed by atoms with E-state index in [2.05, 4.69) is 32.5 Å². The highest BCUT2D eigenvalue weighted by molar-refractivity contribution is 7.98. The van der Waals surface area contributed by atoms with Gasteiger partial charge in [-0.2, -0.15) is 5.10 Å². The summed E-state index contributed by atoms with van der Waals surface area (Å²) in [5, 5.41) is 9.63. The summed E-state index contributed by atoms with van der Waals surface area (Å²) in [6, 6.07) is 18.3. The van der Waals surface area contributed by atoms with E-state index in [1.54, 1.807) is 7.11 Å². The third-order valence-electron chi connectivity index (χ3n) is 4.45. The number of methoxy groups -OCH3 is 1. The molecule has 0 aliphatic rings. The van der Waals surface area contributed by atoms with Crippen LogP contribution in [-0.4, -0.2) is 33.1 Å². The van der Waals surface area contributed by atoms with E-state index in [0.717, 1.165) is 33.3 Å². The molecule has 6 nitrogen and oxygen atoms in total. The third kappa shape index (κ3) is 3.94. The smallest absolute Gasteiger partial charge is 0.191 e. The molecule has 142 valence electrons. The number of anilines is 1. The van der Waals surface area contributed by atoms with Crippen molar-refractivity contribution in [3.8, 4) is 5.75 Å². The zero-order valence-electron chi connectivity index (χ0n) is 15.8. The summed E-state index contributed by atoms with van der Waals surface area (Å²) in [6.07, 6.45) is 3.81. The first-order chi connectivity index (χ1) is 13.8. The molecule has 7 heteroatoms. The zero-order chi connectivity index (χ0) is 19.3. The van der Waals surface area contributed by atoms with E-state index in [-0.39, 0.29) is 0 Å². The molecule has 2 aromatic heterocycles. The Labute approximate surface area is 168 Å². The highest BCUT2D eigenvalue weighted by Crippen LogP contribution is 2.24. The maximum Gasteiger partial charge on any atom is 0.191 e. The molecule has 0 saturated heterocycles. The second kappa shape index (κ2) is 8.31. The fourth-order valence-corrected chi connectivity index (χ4v) is 3.32. The van der Waals surface area contributed by atoms with Crippen molar-refractivity contribution in [3.05, 3.63) is 71.9 Å². The van der Waals surface area contributed by atoms with Crippen LogP contribution in [0.1, 0.15) is 11.1 Å². The maximum absolute atomic E-state index is 5.22. The first-order valence-corrected chi connectivity index (χ1v) is 10.2. The minimum Gasteiger partial charge on any atom is -0.497 e. The van der Waals surface area contributed by atoms with Crippen LogP contribution in [0, 0.1) is 0 Å². The molecule has 4 aromatic rings. The lowest BCUT2D eigenvalue weighted by Crippen LogP contribution is -2.06. The summed E-state index contributed by atoms with van der Waals surface area (Å²) >= 11 is 1.52. The summed E-state index contributed by atoms with van der Waals surface area (Å²) < 4.78 is 7.14. The second-order valence-corrected chi connectivity index (χ2v) is 7.06. The molecule has 0 atom stereocenters. The van der Waals surface area contributed by atoms with Gasteiger partial charge in [-0.1, -0.05) is 54.2 Å². The van der Waals surface area contributed by atoms with E-state index in [1.807, 2.05) is 59.6 Å². The number of ether oxygens (including phenoxy) is 1. The van der Waals surface area contributed by atoms with Gasteiger partial charge in [0.1, 0.15) is 11.6 Å². The predicted molar refractivity (Wildman–Crippen MR) is 113 cm³/mol. The lowest BCUT2D eigenvalue weighted by atomic mass is 10.2. The fourth-order valence-electron chi connectivity index (χ4n) is 2.96. The summed E-state index contributed by atoms with van der Waals surface area (Å²) in [6.45, 7) is 1.33. The first-order valence-electron chi connectivity index (χ1n) is 8.95. The minimum absolute atomic E-state index is 0.661. The fraction of sp³-hybridized carbons (Fsp3) is 0.190. The van der Waals surface area contributed by atoms with E-state index in [4.69, 9.17) is 4.74 Å². The van der Waals surface area contributed by atoms with Gasteiger partial charge in [-0.05, 0) is 29.5 Å². The van der Waals surface area contributed by atoms with E-state index in [0.29, 0.717) is 13.1 Å². The lowest BCUT2D eigenvalue weighted by molar-refractivity contribution is 0.414. The van der Waals surface area contributed by atoms with Crippen LogP contribution in [0.4, 0.5) is 5.82 Å². The van der Waals surface area contributed by atoms with Crippen LogP contribution in [0.15, 0.2) is 66.0 Å². The molecular weight excluding hydrogens is 370 g/mol. The van der Waals surface area contributed by atoms with Gasteiger partial charge in [-0.25, -0.2) is 14.6 Å². The molecule has 0 radical (unpaired) electrons. The zero-order valence-corrected chi connectivity index (χ0v) is 16.6. The normalized spacial score (nSPS) is 10.9. The van der Waals surface area contributed by atoms with Gasteiger partial charge in [0.05, 0.1) is 25.2 Å². The average molecular weight is 392 g/mol. The summed E-state index contributed by atoms with van der Waals surface area (Å²) in [4.78, 5) is 9.34. The van der Waals surface area contributed by atoms with Crippen LogP contribution in [0.25, 0.3) is 11.0 Å². The van der Waals surface area contributed by atoms with E-state index in [1.165, 1.54) is 17.3 Å². The van der Waals surface area contributed by atoms with Gasteiger partial charge in [0.15, 0.2) is 10.8 Å². The van der Waals surface area contributed by atoms with Crippen molar-refractivity contribution in [2.24, 2.45) is 0 Å². The number of nitrogens with one attached hydrogen (secondary N) is 1. The molecule has 2 aromatic carbocycles. The van der Waals surface area contributed by atoms with Gasteiger partial charge >= 0.3 is 0 Å². The van der Waals surface area contributed by atoms with Gasteiger partial charge in [-0.3, -0.25) is 0 Å². The lowest BCUT2D eigenvalue weighted by Gasteiger charge is -2.10. The predicted octanol–water partition coefficient (Wildman–Crippen LogP) is 4.22. The van der Waals surface area contributed by atoms with Crippen LogP contribution in [-0.2, 0) is 13.1 Å². The van der Waals surface area contributed by atoms with E-state index < -0.39 is 0 Å². The van der Waals surface area contributed by atoms with Crippen LogP contribution >= 0.6 is 11.8 Å². The van der Waals surface area contributed by atoms with Crippen molar-refractivity contribution < 1.29 is 4.74 Å². The molecule has 0 spiro atoms. The number of hydrogen-bond donors (Lipinski definition) is 1. The topological polar surface area (TPSA) is 64.9 Å². The Morgan fingerprint density at radius 2 is 1.79 bits per heavy atom. The third-order valence-corrected chi connectivity index (χ3v) is 5.00. The number of hydrogen-bond acceptors (Lipinski definition) is 6. The highest BCUT2D eigenvalue weighted by atomic mass is 32.2. The molecule has 1 N–H and O–H groups in total. The SMILES string of the molecule is COc1ccc(CNc2nc(SC)nc3c2cnn3Cc2ccccc2)cc1. The molecule has 0 aliphatic heterocycles. The van der Waals surface area contributed by atoms with Crippen LogP contribution in [0.3, 0.4) is 0 Å². The van der Waals surface area contributed by atoms with Crippen molar-refractivity contribution in [1.82, 2.24) is 19.7 Å². The first kappa shape index (κ1) is 18.3. The Bertz CT molecular complexity index is 1060. The quantitative estimate of drug-likeness (QED) is 0.376. The van der Waals surface area contributed by atoms with Crippen LogP contribution < -0.4 is 10.1 Å². The van der Waals surface area contributed by atoms with Gasteiger partial charge in [0.25, 0.3) is 0 Å². The summed E-state index contributed by atoms with van der Waals surface area (Å²) in [5.41, 5.74) is 3.17. The van der Waals surface area contributed by atoms with Crippen molar-refractivity contribution in [2.75, 3.05) is 18.7 Å². The molecule has 0 amide bonds. The Morgan fingerprint density at radius 3 is 2.50 bits per heavy atom. The van der Waals surface area contributed by atoms with Gasteiger partial charge < -0.3 is 10.1 Å². The maximum atomic E-state index is 5.22. The minimum atomic E-state index is 0.661. The Balaban J connectivity index is 1.62. The number of aromatic nitrogens is 4. The Morgan fingerprint density at radius 1 is 1.00 bits per heavy atom. The van der Waals surface area contributed by atoms with Gasteiger partial charge in [0, 0.05) is 6.54 Å². The van der Waals surface area contributed by atoms with Crippen molar-refractivity contribution in [3.63, 3.8) is 0 Å². The monoisotopic (exact) mass is 391 g/mol. The largest absolute Gasteiger partial charge is 0.497 e. The van der Waals surface area contributed by atoms with Gasteiger partial charge in [-0.15, -0.1) is 0 Å². The second-order valence-electron chi connectivity index (χ2n) is 6.29. The van der Waals surface area contributed by atoms with Crippen molar-refractivity contribution in [1.29, 1.82) is 0 Å². The average Bonchev–Trinajstić information content (AvgIpc) is 3.15. The van der Waals surface area contributed by atoms with Crippen molar-refractivity contribution in [2.45, 2.75) is 18.2 Å². The number of fused-ring (bicyclic) bond motifs is 1. The van der Waals surface area contributed by atoms with Crippen molar-refractivity contribution >= 4 is 28.6 Å². The molecule has 0 unspecified atom stereocenters. The molecule has 0 saturated carbocycles. The molecule has 0 fully saturated rings. The molecule has 0 bridgehead atoms. The molecule has 0 aliphatic carbocycles. The molecule has 4 rings (SSSR count). The summed E-state index contributed by atoms with van der Waals surface area (Å²) in [5.74, 6) is 1.64. The number of thioether (sulfide) groups is 1. The van der Waals surface area contributed by atoms with Gasteiger partial charge in [0.2, 0.25) is 0 Å². The number of nitrogens with zero attached hydrogens (tertiary/aromatic N) is 4. The van der Waals surface area contributed by atoms with Crippen LogP contribution in [0.5, 0.6) is 5.75 Å². The molecule has 2 heterocycles. The number of benzene rings is 2. The van der Waals surface area contributed by atoms with E-state index in [9.17, 15) is 0 Å². The van der Waals surface area contributed by atoms with Crippen LogP contribution in [0.2, 0.25) is 0 Å². The highest BCUT2D eigenvalue weighted by Gasteiger charge is 2.13. The Hall–Kier alpha value is -3.06. The molecule has 28 heavy (non-hydrogen) atoms. The number of rotatable bonds is 7. The molecular formula is C21H21N5OS. The summed E-state index contributed by atoms with van der Waals surface area (Å²) in [7, 11) is 1.67. The standard InChI is InChI=1S/C21H21N5OS/c1-27-17-10-8-15(9-11-17)12-22-19-18-13-23-26(14-16-6-4-3-5-7-16)20(18)25-21(24-19)28-2/h3-11,13H,12,14H2,1-2H3,(H,22,24,25). The van der Waals surface area contributed by atoms with E-state index >= 15 is 0 Å². The Kier molecular flexibility index (Phi) is 5.43.